The van der Waals surface area contributed by atoms with Crippen LogP contribution in [0.2, 0.25) is 0 Å². The molecule has 2 atom stereocenters. The molecule has 0 saturated heterocycles. The lowest BCUT2D eigenvalue weighted by atomic mass is 9.91. The molecule has 1 aromatic rings. The molecule has 1 aliphatic rings. The number of benzene rings is 1. The maximum absolute atomic E-state index is 11.8. The van der Waals surface area contributed by atoms with Crippen LogP contribution in [0, 0.1) is 6.92 Å². The van der Waals surface area contributed by atoms with Gasteiger partial charge in [0.15, 0.2) is 0 Å². The predicted octanol–water partition coefficient (Wildman–Crippen LogP) is 2.43. The van der Waals surface area contributed by atoms with Crippen LogP contribution < -0.4 is 16.4 Å². The zero-order valence-electron chi connectivity index (χ0n) is 12.4. The number of carbonyl (C=O) groups excluding carboxylic acids is 1. The van der Waals surface area contributed by atoms with Crippen LogP contribution in [0.15, 0.2) is 18.2 Å². The standard InChI is InChI=1S/C16H25N3O/c1-3-18-16(20)12-7-8-15(11(2)9-12)19-14-6-4-5-13(17)10-14/h7-9,13-14,19H,3-6,10,17H2,1-2H3,(H,18,20). The van der Waals surface area contributed by atoms with Gasteiger partial charge < -0.3 is 16.4 Å². The maximum Gasteiger partial charge on any atom is 0.251 e. The summed E-state index contributed by atoms with van der Waals surface area (Å²) in [6.07, 6.45) is 4.52. The van der Waals surface area contributed by atoms with Gasteiger partial charge in [0.1, 0.15) is 0 Å². The fourth-order valence-electron chi connectivity index (χ4n) is 2.81. The minimum absolute atomic E-state index is 0.0122. The number of nitrogens with two attached hydrogens (primary N) is 1. The average Bonchev–Trinajstić information content (AvgIpc) is 2.41. The van der Waals surface area contributed by atoms with Crippen molar-refractivity contribution < 1.29 is 4.79 Å². The van der Waals surface area contributed by atoms with Crippen LogP contribution >= 0.6 is 0 Å². The van der Waals surface area contributed by atoms with E-state index in [4.69, 9.17) is 5.73 Å². The molecule has 2 unspecified atom stereocenters. The molecular formula is C16H25N3O. The van der Waals surface area contributed by atoms with Gasteiger partial charge in [-0.05, 0) is 63.3 Å². The number of hydrogen-bond donors (Lipinski definition) is 3. The van der Waals surface area contributed by atoms with Crippen molar-refractivity contribution in [2.45, 2.75) is 51.6 Å². The molecule has 0 heterocycles. The Morgan fingerprint density at radius 3 is 2.85 bits per heavy atom. The maximum atomic E-state index is 11.8. The van der Waals surface area contributed by atoms with Crippen LogP contribution in [0.5, 0.6) is 0 Å². The first-order valence-electron chi connectivity index (χ1n) is 7.51. The number of nitrogens with one attached hydrogen (secondary N) is 2. The van der Waals surface area contributed by atoms with E-state index >= 15 is 0 Å². The summed E-state index contributed by atoms with van der Waals surface area (Å²) in [7, 11) is 0. The van der Waals surface area contributed by atoms with Crippen LogP contribution in [0.3, 0.4) is 0 Å². The minimum Gasteiger partial charge on any atom is -0.382 e. The Bertz CT molecular complexity index is 473. The highest BCUT2D eigenvalue weighted by Crippen LogP contribution is 2.23. The monoisotopic (exact) mass is 275 g/mol. The van der Waals surface area contributed by atoms with E-state index in [-0.39, 0.29) is 5.91 Å². The van der Waals surface area contributed by atoms with Crippen molar-refractivity contribution in [1.29, 1.82) is 0 Å². The van der Waals surface area contributed by atoms with Gasteiger partial charge >= 0.3 is 0 Å². The van der Waals surface area contributed by atoms with Gasteiger partial charge in [-0.1, -0.05) is 0 Å². The van der Waals surface area contributed by atoms with Gasteiger partial charge in [0, 0.05) is 29.9 Å². The molecule has 1 aliphatic carbocycles. The molecule has 1 aromatic carbocycles. The largest absolute Gasteiger partial charge is 0.382 e. The van der Waals surface area contributed by atoms with Crippen molar-refractivity contribution >= 4 is 11.6 Å². The topological polar surface area (TPSA) is 67.2 Å². The molecular weight excluding hydrogens is 250 g/mol. The zero-order chi connectivity index (χ0) is 14.5. The highest BCUT2D eigenvalue weighted by atomic mass is 16.1. The van der Waals surface area contributed by atoms with E-state index in [1.165, 1.54) is 12.8 Å². The predicted molar refractivity (Wildman–Crippen MR) is 83.0 cm³/mol. The fraction of sp³-hybridized carbons (Fsp3) is 0.562. The molecule has 1 saturated carbocycles. The van der Waals surface area contributed by atoms with E-state index in [1.807, 2.05) is 32.0 Å². The van der Waals surface area contributed by atoms with Gasteiger partial charge in [-0.2, -0.15) is 0 Å². The first-order chi connectivity index (χ1) is 9.60. The lowest BCUT2D eigenvalue weighted by Crippen LogP contribution is -2.35. The first kappa shape index (κ1) is 14.9. The Labute approximate surface area is 121 Å². The zero-order valence-corrected chi connectivity index (χ0v) is 12.4. The molecule has 0 aromatic heterocycles. The first-order valence-corrected chi connectivity index (χ1v) is 7.51. The van der Waals surface area contributed by atoms with Crippen LogP contribution in [-0.4, -0.2) is 24.5 Å². The second kappa shape index (κ2) is 6.75. The minimum atomic E-state index is -0.0122. The molecule has 0 spiro atoms. The number of rotatable bonds is 4. The fourth-order valence-corrected chi connectivity index (χ4v) is 2.81. The lowest BCUT2D eigenvalue weighted by molar-refractivity contribution is 0.0956. The third-order valence-corrected chi connectivity index (χ3v) is 3.90. The number of aryl methyl sites for hydroxylation is 1. The second-order valence-corrected chi connectivity index (χ2v) is 5.66. The van der Waals surface area contributed by atoms with Crippen molar-refractivity contribution in [3.05, 3.63) is 29.3 Å². The molecule has 4 nitrogen and oxygen atoms in total. The molecule has 20 heavy (non-hydrogen) atoms. The van der Waals surface area contributed by atoms with E-state index in [0.717, 1.165) is 29.7 Å². The number of amides is 1. The summed E-state index contributed by atoms with van der Waals surface area (Å²) in [5, 5.41) is 6.39. The van der Waals surface area contributed by atoms with Gasteiger partial charge in [0.25, 0.3) is 5.91 Å². The van der Waals surface area contributed by atoms with Crippen molar-refractivity contribution in [3.8, 4) is 0 Å². The highest BCUT2D eigenvalue weighted by molar-refractivity contribution is 5.94. The summed E-state index contributed by atoms with van der Waals surface area (Å²) in [6.45, 7) is 4.61. The summed E-state index contributed by atoms with van der Waals surface area (Å²) in [5.41, 5.74) is 8.95. The molecule has 1 fully saturated rings. The number of anilines is 1. The summed E-state index contributed by atoms with van der Waals surface area (Å²) in [4.78, 5) is 11.8. The van der Waals surface area contributed by atoms with Crippen molar-refractivity contribution in [2.75, 3.05) is 11.9 Å². The van der Waals surface area contributed by atoms with Crippen molar-refractivity contribution in [1.82, 2.24) is 5.32 Å². The van der Waals surface area contributed by atoms with Crippen molar-refractivity contribution in [3.63, 3.8) is 0 Å². The van der Waals surface area contributed by atoms with Crippen LogP contribution in [0.4, 0.5) is 5.69 Å². The molecule has 4 heteroatoms. The average molecular weight is 275 g/mol. The Kier molecular flexibility index (Phi) is 5.01. The Morgan fingerprint density at radius 2 is 2.20 bits per heavy atom. The molecule has 0 radical (unpaired) electrons. The Hall–Kier alpha value is -1.55. The van der Waals surface area contributed by atoms with Crippen LogP contribution in [-0.2, 0) is 0 Å². The summed E-state index contributed by atoms with van der Waals surface area (Å²) in [6, 6.07) is 6.59. The normalized spacial score (nSPS) is 22.4. The number of hydrogen-bond acceptors (Lipinski definition) is 3. The molecule has 0 bridgehead atoms. The van der Waals surface area contributed by atoms with E-state index in [0.29, 0.717) is 18.6 Å². The van der Waals surface area contributed by atoms with Gasteiger partial charge in [-0.25, -0.2) is 0 Å². The summed E-state index contributed by atoms with van der Waals surface area (Å²) < 4.78 is 0. The van der Waals surface area contributed by atoms with Crippen LogP contribution in [0.1, 0.15) is 48.5 Å². The highest BCUT2D eigenvalue weighted by Gasteiger charge is 2.19. The molecule has 2 rings (SSSR count). The molecule has 1 amide bonds. The Balaban J connectivity index is 2.04. The number of carbonyl (C=O) groups is 1. The van der Waals surface area contributed by atoms with E-state index < -0.39 is 0 Å². The van der Waals surface area contributed by atoms with Gasteiger partial charge in [0.05, 0.1) is 0 Å². The quantitative estimate of drug-likeness (QED) is 0.790. The van der Waals surface area contributed by atoms with E-state index in [2.05, 4.69) is 10.6 Å². The van der Waals surface area contributed by atoms with Crippen LogP contribution in [0.25, 0.3) is 0 Å². The Morgan fingerprint density at radius 1 is 1.40 bits per heavy atom. The third-order valence-electron chi connectivity index (χ3n) is 3.90. The summed E-state index contributed by atoms with van der Waals surface area (Å²) in [5.74, 6) is -0.0122. The van der Waals surface area contributed by atoms with Gasteiger partial charge in [-0.15, -0.1) is 0 Å². The molecule has 0 aliphatic heterocycles. The molecule has 4 N–H and O–H groups in total. The summed E-state index contributed by atoms with van der Waals surface area (Å²) >= 11 is 0. The van der Waals surface area contributed by atoms with Gasteiger partial charge in [0.2, 0.25) is 0 Å². The lowest BCUT2D eigenvalue weighted by Gasteiger charge is -2.28. The third kappa shape index (κ3) is 3.73. The van der Waals surface area contributed by atoms with E-state index in [9.17, 15) is 4.79 Å². The van der Waals surface area contributed by atoms with E-state index in [1.54, 1.807) is 0 Å². The van der Waals surface area contributed by atoms with Gasteiger partial charge in [-0.3, -0.25) is 4.79 Å². The molecule has 110 valence electrons. The smallest absolute Gasteiger partial charge is 0.251 e. The van der Waals surface area contributed by atoms with Crippen molar-refractivity contribution in [2.24, 2.45) is 5.73 Å². The SMILES string of the molecule is CCNC(=O)c1ccc(NC2CCCC(N)C2)c(C)c1. The second-order valence-electron chi connectivity index (χ2n) is 5.66.